The molecule has 0 amide bonds. The summed E-state index contributed by atoms with van der Waals surface area (Å²) in [5.41, 5.74) is 0.804. The summed E-state index contributed by atoms with van der Waals surface area (Å²) >= 11 is 0. The highest BCUT2D eigenvalue weighted by Crippen LogP contribution is 2.28. The molecule has 1 atom stereocenters. The molecule has 2 saturated heterocycles. The van der Waals surface area contributed by atoms with Crippen molar-refractivity contribution in [1.29, 1.82) is 0 Å². The van der Waals surface area contributed by atoms with E-state index in [2.05, 4.69) is 28.7 Å². The molecule has 27 heavy (non-hydrogen) atoms. The van der Waals surface area contributed by atoms with E-state index in [0.29, 0.717) is 11.8 Å². The molecule has 0 spiro atoms. The minimum atomic E-state index is -0.773. The minimum absolute atomic E-state index is 0.581. The largest absolute Gasteiger partial charge is 0.480 e. The predicted octanol–water partition coefficient (Wildman–Crippen LogP) is 2.10. The first-order valence-electron chi connectivity index (χ1n) is 10.3. The fraction of sp³-hybridized carbons (Fsp3) is 0.800. The number of rotatable bonds is 8. The highest BCUT2D eigenvalue weighted by atomic mass is 16.5. The van der Waals surface area contributed by atoms with Crippen LogP contribution in [0.4, 0.5) is 0 Å². The normalized spacial score (nSPS) is 21.6. The van der Waals surface area contributed by atoms with E-state index < -0.39 is 12.0 Å². The maximum Gasteiger partial charge on any atom is 0.325 e. The third-order valence-corrected chi connectivity index (χ3v) is 5.77. The Morgan fingerprint density at radius 3 is 2.59 bits per heavy atom. The Bertz CT molecular complexity index is 590. The number of aromatic nitrogens is 2. The molecule has 0 aliphatic carbocycles. The number of aliphatic carboxylic acids is 1. The van der Waals surface area contributed by atoms with Crippen LogP contribution >= 0.6 is 0 Å². The molecule has 2 aliphatic heterocycles. The average molecular weight is 379 g/mol. The van der Waals surface area contributed by atoms with E-state index in [1.54, 1.807) is 6.20 Å². The van der Waals surface area contributed by atoms with E-state index in [0.717, 1.165) is 77.3 Å². The number of ether oxygens (including phenoxy) is 1. The zero-order chi connectivity index (χ0) is 19.2. The molecule has 1 aromatic heterocycles. The van der Waals surface area contributed by atoms with Gasteiger partial charge in [0, 0.05) is 37.9 Å². The van der Waals surface area contributed by atoms with E-state index in [-0.39, 0.29) is 0 Å². The van der Waals surface area contributed by atoms with Crippen LogP contribution < -0.4 is 0 Å². The van der Waals surface area contributed by atoms with Crippen LogP contribution in [0.15, 0.2) is 12.4 Å². The average Bonchev–Trinajstić information content (AvgIpc) is 3.11. The van der Waals surface area contributed by atoms with Gasteiger partial charge in [0.1, 0.15) is 6.04 Å². The number of hydrogen-bond acceptors (Lipinski definition) is 5. The Balaban J connectivity index is 1.54. The van der Waals surface area contributed by atoms with Crippen molar-refractivity contribution in [3.05, 3.63) is 18.0 Å². The van der Waals surface area contributed by atoms with Gasteiger partial charge in [0.15, 0.2) is 0 Å². The van der Waals surface area contributed by atoms with Gasteiger partial charge >= 0.3 is 5.97 Å². The first-order valence-corrected chi connectivity index (χ1v) is 10.3. The predicted molar refractivity (Wildman–Crippen MR) is 104 cm³/mol. The molecule has 0 saturated carbocycles. The Hall–Kier alpha value is -1.44. The number of morpholine rings is 1. The van der Waals surface area contributed by atoms with Gasteiger partial charge in [-0.1, -0.05) is 13.8 Å². The Morgan fingerprint density at radius 1 is 1.26 bits per heavy atom. The molecule has 0 unspecified atom stereocenters. The molecule has 1 N–H and O–H groups in total. The molecule has 0 radical (unpaired) electrons. The van der Waals surface area contributed by atoms with Gasteiger partial charge in [-0.2, -0.15) is 5.10 Å². The van der Waals surface area contributed by atoms with Crippen LogP contribution in [0, 0.1) is 11.8 Å². The molecule has 1 aromatic rings. The number of carbonyl (C=O) groups is 1. The lowest BCUT2D eigenvalue weighted by atomic mass is 9.94. The fourth-order valence-electron chi connectivity index (χ4n) is 4.09. The molecule has 0 aromatic carbocycles. The maximum absolute atomic E-state index is 12.0. The van der Waals surface area contributed by atoms with Crippen LogP contribution in [0.25, 0.3) is 0 Å². The van der Waals surface area contributed by atoms with Crippen LogP contribution in [0.3, 0.4) is 0 Å². The number of carboxylic acids is 1. The standard InChI is InChI=1S/C20H34N4O3/c1-16(2)3-8-24-15-18(13-21-24)19(20(25)26)23-6-4-17(5-7-23)14-22-9-11-27-12-10-22/h13,15-17,19H,3-12,14H2,1-2H3,(H,25,26)/t19-/m0/s1. The quantitative estimate of drug-likeness (QED) is 0.747. The molecule has 152 valence electrons. The molecule has 3 heterocycles. The Labute approximate surface area is 162 Å². The van der Waals surface area contributed by atoms with E-state index >= 15 is 0 Å². The molecule has 2 fully saturated rings. The van der Waals surface area contributed by atoms with Gasteiger partial charge in [0.2, 0.25) is 0 Å². The third-order valence-electron chi connectivity index (χ3n) is 5.77. The summed E-state index contributed by atoms with van der Waals surface area (Å²) in [7, 11) is 0. The summed E-state index contributed by atoms with van der Waals surface area (Å²) in [6.45, 7) is 11.7. The van der Waals surface area contributed by atoms with E-state index in [1.165, 1.54) is 0 Å². The molecular weight excluding hydrogens is 344 g/mol. The summed E-state index contributed by atoms with van der Waals surface area (Å²) < 4.78 is 7.31. The highest BCUT2D eigenvalue weighted by Gasteiger charge is 2.32. The molecule has 3 rings (SSSR count). The van der Waals surface area contributed by atoms with Crippen LogP contribution in [0.2, 0.25) is 0 Å². The number of carboxylic acid groups (broad SMARTS) is 1. The highest BCUT2D eigenvalue weighted by molar-refractivity contribution is 5.75. The number of nitrogens with zero attached hydrogens (tertiary/aromatic N) is 4. The zero-order valence-corrected chi connectivity index (χ0v) is 16.7. The second-order valence-corrected chi connectivity index (χ2v) is 8.35. The van der Waals surface area contributed by atoms with Crippen LogP contribution in [-0.2, 0) is 16.1 Å². The topological polar surface area (TPSA) is 70.8 Å². The molecule has 2 aliphatic rings. The van der Waals surface area contributed by atoms with Crippen molar-refractivity contribution in [3.8, 4) is 0 Å². The van der Waals surface area contributed by atoms with Crippen molar-refractivity contribution in [2.45, 2.75) is 45.7 Å². The molecule has 0 bridgehead atoms. The van der Waals surface area contributed by atoms with E-state index in [1.807, 2.05) is 10.9 Å². The summed E-state index contributed by atoms with van der Waals surface area (Å²) in [6.07, 6.45) is 6.82. The van der Waals surface area contributed by atoms with Gasteiger partial charge in [-0.25, -0.2) is 0 Å². The minimum Gasteiger partial charge on any atom is -0.480 e. The van der Waals surface area contributed by atoms with Gasteiger partial charge in [0.05, 0.1) is 19.4 Å². The van der Waals surface area contributed by atoms with E-state index in [4.69, 9.17) is 4.74 Å². The summed E-state index contributed by atoms with van der Waals surface area (Å²) in [6, 6.07) is -0.581. The third kappa shape index (κ3) is 5.77. The fourth-order valence-corrected chi connectivity index (χ4v) is 4.09. The lowest BCUT2D eigenvalue weighted by Crippen LogP contribution is -2.44. The first kappa shape index (κ1) is 20.3. The van der Waals surface area contributed by atoms with Gasteiger partial charge in [-0.3, -0.25) is 19.3 Å². The lowest BCUT2D eigenvalue weighted by Gasteiger charge is -2.38. The SMILES string of the molecule is CC(C)CCn1cc([C@@H](C(=O)O)N2CCC(CN3CCOCC3)CC2)cn1. The summed E-state index contributed by atoms with van der Waals surface area (Å²) in [4.78, 5) is 16.6. The number of likely N-dealkylation sites (tertiary alicyclic amines) is 1. The number of hydrogen-bond donors (Lipinski definition) is 1. The van der Waals surface area contributed by atoms with Crippen LogP contribution in [0.5, 0.6) is 0 Å². The van der Waals surface area contributed by atoms with Crippen LogP contribution in [0.1, 0.15) is 44.7 Å². The van der Waals surface area contributed by atoms with Crippen molar-refractivity contribution < 1.29 is 14.6 Å². The number of aryl methyl sites for hydroxylation is 1. The van der Waals surface area contributed by atoms with Crippen molar-refractivity contribution in [2.24, 2.45) is 11.8 Å². The summed E-state index contributed by atoms with van der Waals surface area (Å²) in [5.74, 6) is 0.492. The molecule has 7 heteroatoms. The Kier molecular flexibility index (Phi) is 7.26. The maximum atomic E-state index is 12.0. The van der Waals surface area contributed by atoms with Crippen molar-refractivity contribution in [1.82, 2.24) is 19.6 Å². The molecule has 7 nitrogen and oxygen atoms in total. The van der Waals surface area contributed by atoms with Crippen molar-refractivity contribution >= 4 is 5.97 Å². The summed E-state index contributed by atoms with van der Waals surface area (Å²) in [5, 5.41) is 14.2. The first-order chi connectivity index (χ1) is 13.0. The van der Waals surface area contributed by atoms with Gasteiger partial charge in [0.25, 0.3) is 0 Å². The van der Waals surface area contributed by atoms with E-state index in [9.17, 15) is 9.90 Å². The van der Waals surface area contributed by atoms with Crippen LogP contribution in [-0.4, -0.2) is 76.6 Å². The molecular formula is C20H34N4O3. The zero-order valence-electron chi connectivity index (χ0n) is 16.7. The van der Waals surface area contributed by atoms with Gasteiger partial charge < -0.3 is 9.84 Å². The monoisotopic (exact) mass is 378 g/mol. The second-order valence-electron chi connectivity index (χ2n) is 8.35. The Morgan fingerprint density at radius 2 is 1.96 bits per heavy atom. The van der Waals surface area contributed by atoms with Gasteiger partial charge in [-0.15, -0.1) is 0 Å². The lowest BCUT2D eigenvalue weighted by molar-refractivity contribution is -0.144. The number of piperidine rings is 1. The smallest absolute Gasteiger partial charge is 0.325 e. The van der Waals surface area contributed by atoms with Crippen molar-refractivity contribution in [2.75, 3.05) is 45.9 Å². The second kappa shape index (κ2) is 9.66. The van der Waals surface area contributed by atoms with Crippen molar-refractivity contribution in [3.63, 3.8) is 0 Å². The van der Waals surface area contributed by atoms with Gasteiger partial charge in [-0.05, 0) is 44.2 Å².